The molecule has 3 amide bonds. The zero-order chi connectivity index (χ0) is 26.7. The predicted octanol–water partition coefficient (Wildman–Crippen LogP) is 5.50. The van der Waals surface area contributed by atoms with E-state index in [1.54, 1.807) is 42.5 Å². The lowest BCUT2D eigenvalue weighted by molar-refractivity contribution is -0.122. The Morgan fingerprint density at radius 3 is 2.53 bits per heavy atom. The number of urea groups is 1. The van der Waals surface area contributed by atoms with Crippen LogP contribution in [0.2, 0.25) is 0 Å². The van der Waals surface area contributed by atoms with E-state index >= 15 is 4.39 Å². The van der Waals surface area contributed by atoms with Gasteiger partial charge in [0.2, 0.25) is 5.12 Å². The number of rotatable bonds is 4. The number of halogens is 2. The summed E-state index contributed by atoms with van der Waals surface area (Å²) in [5.74, 6) is -0.981. The van der Waals surface area contributed by atoms with Crippen LogP contribution in [0.15, 0.2) is 83.3 Å². The van der Waals surface area contributed by atoms with E-state index in [1.807, 2.05) is 30.3 Å². The number of nitrogens with zero attached hydrogens (tertiary/aromatic N) is 2. The number of benzene rings is 3. The molecule has 11 heteroatoms. The molecule has 2 aliphatic rings. The maximum absolute atomic E-state index is 15.3. The van der Waals surface area contributed by atoms with E-state index in [0.717, 1.165) is 10.6 Å². The third-order valence-electron chi connectivity index (χ3n) is 6.60. The second-order valence-electron chi connectivity index (χ2n) is 8.92. The van der Waals surface area contributed by atoms with Crippen molar-refractivity contribution in [3.05, 3.63) is 106 Å². The fourth-order valence-corrected chi connectivity index (χ4v) is 5.68. The summed E-state index contributed by atoms with van der Waals surface area (Å²) in [6.07, 6.45) is -0.577. The van der Waals surface area contributed by atoms with E-state index in [0.29, 0.717) is 22.0 Å². The molecule has 0 radical (unpaired) electrons. The van der Waals surface area contributed by atoms with Crippen LogP contribution in [0.25, 0.3) is 0 Å². The highest BCUT2D eigenvalue weighted by Crippen LogP contribution is 2.48. The maximum Gasteiger partial charge on any atom is 0.410 e. The van der Waals surface area contributed by atoms with Crippen molar-refractivity contribution in [3.8, 4) is 0 Å². The van der Waals surface area contributed by atoms with Crippen LogP contribution < -0.4 is 4.72 Å². The first kappa shape index (κ1) is 26.2. The second kappa shape index (κ2) is 11.1. The molecule has 2 unspecified atom stereocenters. The summed E-state index contributed by atoms with van der Waals surface area (Å²) < 4.78 is 23.9. The lowest BCUT2D eigenvalue weighted by Crippen LogP contribution is -2.52. The van der Waals surface area contributed by atoms with Gasteiger partial charge < -0.3 is 9.64 Å². The van der Waals surface area contributed by atoms with Gasteiger partial charge >= 0.3 is 12.1 Å². The smallest absolute Gasteiger partial charge is 0.410 e. The molecule has 2 atom stereocenters. The molecule has 2 aliphatic heterocycles. The van der Waals surface area contributed by atoms with Crippen LogP contribution in [0.5, 0.6) is 0 Å². The van der Waals surface area contributed by atoms with E-state index in [-0.39, 0.29) is 37.0 Å². The van der Waals surface area contributed by atoms with Crippen molar-refractivity contribution in [1.82, 2.24) is 14.7 Å². The Hall–Kier alpha value is -3.41. The number of hydrogen-bond donors (Lipinski definition) is 1. The molecule has 2 fully saturated rings. The molecule has 0 aromatic heterocycles. The molecule has 38 heavy (non-hydrogen) atoms. The molecule has 2 heterocycles. The first-order valence-electron chi connectivity index (χ1n) is 11.8. The molecule has 0 bridgehead atoms. The maximum atomic E-state index is 15.3. The molecule has 8 nitrogen and oxygen atoms in total. The van der Waals surface area contributed by atoms with Gasteiger partial charge in [-0.1, -0.05) is 76.6 Å². The quantitative estimate of drug-likeness (QED) is 0.399. The highest BCUT2D eigenvalue weighted by Gasteiger charge is 2.61. The topological polar surface area (TPSA) is 88.2 Å². The Balaban J connectivity index is 1.38. The number of fused-ring (bicyclic) bond motifs is 1. The molecular weight excluding hydrogens is 577 g/mol. The molecule has 3 aromatic rings. The van der Waals surface area contributed by atoms with Crippen LogP contribution in [-0.4, -0.2) is 46.9 Å². The van der Waals surface area contributed by atoms with Gasteiger partial charge in [0.25, 0.3) is 0 Å². The van der Waals surface area contributed by atoms with Gasteiger partial charge in [-0.2, -0.15) is 5.06 Å². The number of hydrogen-bond acceptors (Lipinski definition) is 6. The summed E-state index contributed by atoms with van der Waals surface area (Å²) in [5, 5.41) is 0.688. The fraction of sp³-hybridized carbons (Fsp3) is 0.222. The van der Waals surface area contributed by atoms with Crippen LogP contribution >= 0.6 is 27.9 Å². The second-order valence-corrected chi connectivity index (χ2v) is 10.6. The minimum absolute atomic E-state index is 0.0522. The summed E-state index contributed by atoms with van der Waals surface area (Å²) in [6.45, 7) is 0.292. The standard InChI is InChI=1S/C27H23BrFN3O5S/c28-21-11-12-23(29)22(13-21)27-17-31(26(35)36-15-18-7-3-1-4-8-18)14-20(27)16-37-32(27)25(34)30-38-24(33)19-9-5-2-6-10-19/h1-13,20H,14-17H2,(H,30,34). The summed E-state index contributed by atoms with van der Waals surface area (Å²) in [7, 11) is 0. The molecule has 1 N–H and O–H groups in total. The summed E-state index contributed by atoms with van der Waals surface area (Å²) >= 11 is 3.99. The lowest BCUT2D eigenvalue weighted by atomic mass is 9.81. The van der Waals surface area contributed by atoms with Crippen molar-refractivity contribution in [2.24, 2.45) is 5.92 Å². The number of hydroxylamine groups is 2. The first-order chi connectivity index (χ1) is 18.4. The van der Waals surface area contributed by atoms with Gasteiger partial charge in [0, 0.05) is 40.0 Å². The van der Waals surface area contributed by atoms with Crippen LogP contribution in [0.1, 0.15) is 21.5 Å². The largest absolute Gasteiger partial charge is 0.445 e. The third kappa shape index (κ3) is 5.13. The van der Waals surface area contributed by atoms with E-state index in [4.69, 9.17) is 9.57 Å². The zero-order valence-corrected chi connectivity index (χ0v) is 22.4. The van der Waals surface area contributed by atoms with Crippen molar-refractivity contribution in [2.45, 2.75) is 12.1 Å². The average molecular weight is 600 g/mol. The fourth-order valence-electron chi connectivity index (χ4n) is 4.80. The highest BCUT2D eigenvalue weighted by molar-refractivity contribution is 9.10. The van der Waals surface area contributed by atoms with Gasteiger partial charge in [0.15, 0.2) is 0 Å². The Bertz CT molecular complexity index is 1350. The SMILES string of the molecule is O=C(SNC(=O)N1OCC2CN(C(=O)OCc3ccccc3)CC21c1cc(Br)ccc1F)c1ccccc1. The van der Waals surface area contributed by atoms with E-state index < -0.39 is 29.4 Å². The van der Waals surface area contributed by atoms with Crippen LogP contribution in [0.4, 0.5) is 14.0 Å². The molecule has 196 valence electrons. The lowest BCUT2D eigenvalue weighted by Gasteiger charge is -2.36. The number of ether oxygens (including phenoxy) is 1. The average Bonchev–Trinajstić information content (AvgIpc) is 3.49. The third-order valence-corrected chi connectivity index (χ3v) is 7.79. The molecule has 0 spiro atoms. The molecule has 0 aliphatic carbocycles. The summed E-state index contributed by atoms with van der Waals surface area (Å²) in [4.78, 5) is 46.1. The number of carbonyl (C=O) groups is 3. The Morgan fingerprint density at radius 1 is 1.08 bits per heavy atom. The summed E-state index contributed by atoms with van der Waals surface area (Å²) in [6, 6.07) is 21.5. The van der Waals surface area contributed by atoms with E-state index in [2.05, 4.69) is 20.7 Å². The van der Waals surface area contributed by atoms with Gasteiger partial charge in [-0.25, -0.2) is 14.0 Å². The van der Waals surface area contributed by atoms with Crippen molar-refractivity contribution in [1.29, 1.82) is 0 Å². The number of nitrogens with one attached hydrogen (secondary N) is 1. The summed E-state index contributed by atoms with van der Waals surface area (Å²) in [5.41, 5.74) is 0.110. The van der Waals surface area contributed by atoms with E-state index in [9.17, 15) is 14.4 Å². The Kier molecular flexibility index (Phi) is 7.68. The van der Waals surface area contributed by atoms with Crippen molar-refractivity contribution < 1.29 is 28.3 Å². The monoisotopic (exact) mass is 599 g/mol. The molecule has 0 saturated carbocycles. The van der Waals surface area contributed by atoms with Crippen LogP contribution in [0, 0.1) is 11.7 Å². The van der Waals surface area contributed by atoms with Gasteiger partial charge in [0.05, 0.1) is 13.2 Å². The predicted molar refractivity (Wildman–Crippen MR) is 142 cm³/mol. The van der Waals surface area contributed by atoms with Gasteiger partial charge in [-0.3, -0.25) is 14.4 Å². The van der Waals surface area contributed by atoms with Crippen LogP contribution in [0.3, 0.4) is 0 Å². The Labute approximate surface area is 231 Å². The van der Waals surface area contributed by atoms with Gasteiger partial charge in [-0.15, -0.1) is 0 Å². The minimum atomic E-state index is -1.33. The van der Waals surface area contributed by atoms with Gasteiger partial charge in [-0.05, 0) is 23.8 Å². The van der Waals surface area contributed by atoms with Crippen molar-refractivity contribution in [3.63, 3.8) is 0 Å². The van der Waals surface area contributed by atoms with E-state index in [1.165, 1.54) is 11.0 Å². The minimum Gasteiger partial charge on any atom is -0.445 e. The molecular formula is C27H23BrFN3O5S. The normalized spacial score (nSPS) is 20.2. The highest BCUT2D eigenvalue weighted by atomic mass is 79.9. The number of carbonyl (C=O) groups excluding carboxylic acids is 3. The van der Waals surface area contributed by atoms with Gasteiger partial charge in [0.1, 0.15) is 18.0 Å². The Morgan fingerprint density at radius 2 is 1.79 bits per heavy atom. The first-order valence-corrected chi connectivity index (χ1v) is 13.4. The zero-order valence-electron chi connectivity index (χ0n) is 20.0. The molecule has 3 aromatic carbocycles. The van der Waals surface area contributed by atoms with Crippen molar-refractivity contribution in [2.75, 3.05) is 19.7 Å². The number of likely N-dealkylation sites (tertiary alicyclic amines) is 1. The molecule has 5 rings (SSSR count). The number of amides is 3. The van der Waals surface area contributed by atoms with Crippen molar-refractivity contribution >= 4 is 45.1 Å². The molecule has 2 saturated heterocycles. The van der Waals surface area contributed by atoms with Crippen LogP contribution in [-0.2, 0) is 21.7 Å².